The summed E-state index contributed by atoms with van der Waals surface area (Å²) >= 11 is 5.97. The number of carbonyl (C=O) groups is 1. The number of piperidine rings is 1. The standard InChI is InChI=1S/C13H18ClN3O2/c1-9-15-11(6-12(14)16-9)10-4-3-5-17(7-10)13(18)8-19-2/h6,10H,3-5,7-8H2,1-2H3/t10-/m0/s1. The number of nitrogens with zero attached hydrogens (tertiary/aromatic N) is 3. The van der Waals surface area contributed by atoms with Gasteiger partial charge in [-0.3, -0.25) is 4.79 Å². The Morgan fingerprint density at radius 1 is 1.58 bits per heavy atom. The van der Waals surface area contributed by atoms with E-state index >= 15 is 0 Å². The molecule has 0 aromatic carbocycles. The molecular formula is C13H18ClN3O2. The number of carbonyl (C=O) groups excluding carboxylic acids is 1. The molecule has 6 heteroatoms. The quantitative estimate of drug-likeness (QED) is 0.794. The molecule has 0 aliphatic carbocycles. The smallest absolute Gasteiger partial charge is 0.248 e. The average Bonchev–Trinajstić information content (AvgIpc) is 2.38. The molecular weight excluding hydrogens is 266 g/mol. The first-order valence-corrected chi connectivity index (χ1v) is 6.75. The Morgan fingerprint density at radius 3 is 3.05 bits per heavy atom. The largest absolute Gasteiger partial charge is 0.375 e. The highest BCUT2D eigenvalue weighted by molar-refractivity contribution is 6.29. The first-order valence-electron chi connectivity index (χ1n) is 6.38. The van der Waals surface area contributed by atoms with E-state index in [0.29, 0.717) is 17.5 Å². The van der Waals surface area contributed by atoms with Crippen LogP contribution in [-0.2, 0) is 9.53 Å². The van der Waals surface area contributed by atoms with Gasteiger partial charge in [-0.15, -0.1) is 0 Å². The van der Waals surface area contributed by atoms with Crippen molar-refractivity contribution in [2.75, 3.05) is 26.8 Å². The highest BCUT2D eigenvalue weighted by Crippen LogP contribution is 2.26. The maximum Gasteiger partial charge on any atom is 0.248 e. The number of methoxy groups -OCH3 is 1. The Kier molecular flexibility index (Phi) is 4.71. The zero-order valence-electron chi connectivity index (χ0n) is 11.2. The van der Waals surface area contributed by atoms with Gasteiger partial charge >= 0.3 is 0 Å². The molecule has 0 radical (unpaired) electrons. The lowest BCUT2D eigenvalue weighted by Crippen LogP contribution is -2.41. The molecule has 1 aliphatic rings. The number of ether oxygens (including phenoxy) is 1. The van der Waals surface area contributed by atoms with Crippen molar-refractivity contribution in [2.24, 2.45) is 0 Å². The zero-order chi connectivity index (χ0) is 13.8. The molecule has 0 bridgehead atoms. The van der Waals surface area contributed by atoms with Crippen molar-refractivity contribution in [3.8, 4) is 0 Å². The maximum atomic E-state index is 11.9. The third kappa shape index (κ3) is 3.64. The van der Waals surface area contributed by atoms with Gasteiger partial charge in [0.25, 0.3) is 0 Å². The predicted molar refractivity (Wildman–Crippen MR) is 72.2 cm³/mol. The van der Waals surface area contributed by atoms with E-state index in [4.69, 9.17) is 16.3 Å². The second kappa shape index (κ2) is 6.30. The van der Waals surface area contributed by atoms with Crippen LogP contribution in [0.3, 0.4) is 0 Å². The minimum atomic E-state index is 0.0316. The SMILES string of the molecule is COCC(=O)N1CCC[C@H](c2cc(Cl)nc(C)n2)C1. The molecule has 1 amide bonds. The fourth-order valence-corrected chi connectivity index (χ4v) is 2.66. The van der Waals surface area contributed by atoms with Gasteiger partial charge in [-0.25, -0.2) is 9.97 Å². The highest BCUT2D eigenvalue weighted by Gasteiger charge is 2.25. The van der Waals surface area contributed by atoms with E-state index in [1.807, 2.05) is 11.8 Å². The number of hydrogen-bond donors (Lipinski definition) is 0. The average molecular weight is 284 g/mol. The van der Waals surface area contributed by atoms with E-state index in [1.54, 1.807) is 6.07 Å². The summed E-state index contributed by atoms with van der Waals surface area (Å²) in [5.74, 6) is 0.931. The van der Waals surface area contributed by atoms with Gasteiger partial charge in [0.2, 0.25) is 5.91 Å². The summed E-state index contributed by atoms with van der Waals surface area (Å²) in [7, 11) is 1.53. The number of amides is 1. The van der Waals surface area contributed by atoms with Crippen molar-refractivity contribution < 1.29 is 9.53 Å². The second-order valence-corrected chi connectivity index (χ2v) is 5.16. The molecule has 1 aromatic heterocycles. The number of aromatic nitrogens is 2. The lowest BCUT2D eigenvalue weighted by atomic mass is 9.94. The summed E-state index contributed by atoms with van der Waals surface area (Å²) in [6, 6.07) is 1.80. The van der Waals surface area contributed by atoms with Crippen molar-refractivity contribution in [3.63, 3.8) is 0 Å². The number of hydrogen-bond acceptors (Lipinski definition) is 4. The molecule has 19 heavy (non-hydrogen) atoms. The van der Waals surface area contributed by atoms with Gasteiger partial charge in [-0.05, 0) is 25.8 Å². The van der Waals surface area contributed by atoms with Crippen LogP contribution in [0.1, 0.15) is 30.3 Å². The van der Waals surface area contributed by atoms with Gasteiger partial charge < -0.3 is 9.64 Å². The van der Waals surface area contributed by atoms with E-state index in [0.717, 1.165) is 25.1 Å². The van der Waals surface area contributed by atoms with E-state index in [1.165, 1.54) is 7.11 Å². The van der Waals surface area contributed by atoms with Crippen molar-refractivity contribution >= 4 is 17.5 Å². The molecule has 1 atom stereocenters. The number of aryl methyl sites for hydroxylation is 1. The van der Waals surface area contributed by atoms with Crippen molar-refractivity contribution in [1.29, 1.82) is 0 Å². The Bertz CT molecular complexity index is 447. The molecule has 5 nitrogen and oxygen atoms in total. The third-order valence-corrected chi connectivity index (χ3v) is 3.48. The van der Waals surface area contributed by atoms with Crippen LogP contribution in [0, 0.1) is 6.92 Å². The van der Waals surface area contributed by atoms with Crippen LogP contribution in [0.15, 0.2) is 6.07 Å². The summed E-state index contributed by atoms with van der Waals surface area (Å²) in [6.07, 6.45) is 1.99. The Labute approximate surface area is 117 Å². The van der Waals surface area contributed by atoms with E-state index in [2.05, 4.69) is 9.97 Å². The van der Waals surface area contributed by atoms with Gasteiger partial charge in [0, 0.05) is 26.1 Å². The monoisotopic (exact) mass is 283 g/mol. The summed E-state index contributed by atoms with van der Waals surface area (Å²) in [5, 5.41) is 0.461. The molecule has 0 N–H and O–H groups in total. The summed E-state index contributed by atoms with van der Waals surface area (Å²) in [6.45, 7) is 3.42. The lowest BCUT2D eigenvalue weighted by molar-refractivity contribution is -0.136. The molecule has 1 aliphatic heterocycles. The Balaban J connectivity index is 2.10. The van der Waals surface area contributed by atoms with Crippen LogP contribution >= 0.6 is 11.6 Å². The summed E-state index contributed by atoms with van der Waals surface area (Å²) < 4.78 is 4.90. The molecule has 1 fully saturated rings. The van der Waals surface area contributed by atoms with Crippen LogP contribution in [0.25, 0.3) is 0 Å². The van der Waals surface area contributed by atoms with Gasteiger partial charge in [-0.2, -0.15) is 0 Å². The topological polar surface area (TPSA) is 55.3 Å². The fourth-order valence-electron chi connectivity index (χ4n) is 2.42. The van der Waals surface area contributed by atoms with Crippen LogP contribution in [0.5, 0.6) is 0 Å². The molecule has 0 spiro atoms. The molecule has 1 aromatic rings. The first-order chi connectivity index (χ1) is 9.10. The van der Waals surface area contributed by atoms with Crippen LogP contribution in [0.4, 0.5) is 0 Å². The Hall–Kier alpha value is -1.20. The minimum absolute atomic E-state index is 0.0316. The van der Waals surface area contributed by atoms with E-state index in [-0.39, 0.29) is 18.4 Å². The van der Waals surface area contributed by atoms with Crippen molar-refractivity contribution in [1.82, 2.24) is 14.9 Å². The molecule has 2 rings (SSSR count). The van der Waals surface area contributed by atoms with Crippen LogP contribution in [0.2, 0.25) is 5.15 Å². The molecule has 0 unspecified atom stereocenters. The Morgan fingerprint density at radius 2 is 2.37 bits per heavy atom. The normalized spacial score (nSPS) is 19.5. The van der Waals surface area contributed by atoms with Gasteiger partial charge in [-0.1, -0.05) is 11.6 Å². The lowest BCUT2D eigenvalue weighted by Gasteiger charge is -2.32. The number of halogens is 1. The number of likely N-dealkylation sites (tertiary alicyclic amines) is 1. The van der Waals surface area contributed by atoms with E-state index in [9.17, 15) is 4.79 Å². The highest BCUT2D eigenvalue weighted by atomic mass is 35.5. The molecule has 0 saturated carbocycles. The van der Waals surface area contributed by atoms with Gasteiger partial charge in [0.15, 0.2) is 0 Å². The third-order valence-electron chi connectivity index (χ3n) is 3.29. The van der Waals surface area contributed by atoms with Gasteiger partial charge in [0.05, 0.1) is 5.69 Å². The van der Waals surface area contributed by atoms with E-state index < -0.39 is 0 Å². The van der Waals surface area contributed by atoms with Gasteiger partial charge in [0.1, 0.15) is 17.6 Å². The van der Waals surface area contributed by atoms with Crippen molar-refractivity contribution in [3.05, 3.63) is 22.7 Å². The first kappa shape index (κ1) is 14.2. The number of rotatable bonds is 3. The molecule has 1 saturated heterocycles. The molecule has 2 heterocycles. The summed E-state index contributed by atoms with van der Waals surface area (Å²) in [5.41, 5.74) is 0.924. The predicted octanol–water partition coefficient (Wildman–Crippen LogP) is 1.79. The maximum absolute atomic E-state index is 11.9. The molecule has 104 valence electrons. The van der Waals surface area contributed by atoms with Crippen LogP contribution < -0.4 is 0 Å². The van der Waals surface area contributed by atoms with Crippen molar-refractivity contribution in [2.45, 2.75) is 25.7 Å². The zero-order valence-corrected chi connectivity index (χ0v) is 12.0. The summed E-state index contributed by atoms with van der Waals surface area (Å²) in [4.78, 5) is 22.2. The minimum Gasteiger partial charge on any atom is -0.375 e. The second-order valence-electron chi connectivity index (χ2n) is 4.77. The fraction of sp³-hybridized carbons (Fsp3) is 0.615. The van der Waals surface area contributed by atoms with Crippen LogP contribution in [-0.4, -0.2) is 47.6 Å².